The molecule has 0 fully saturated rings. The first kappa shape index (κ1) is 50.8. The fourth-order valence-corrected chi connectivity index (χ4v) is 6.48. The Labute approximate surface area is 326 Å². The summed E-state index contributed by atoms with van der Waals surface area (Å²) in [5.41, 5.74) is 0. The van der Waals surface area contributed by atoms with Gasteiger partial charge >= 0.3 is 17.9 Å². The predicted octanol–water partition coefficient (Wildman–Crippen LogP) is 11.7. The van der Waals surface area contributed by atoms with Crippen LogP contribution in [0, 0.1) is 0 Å². The number of ether oxygens (including phenoxy) is 3. The smallest absolute Gasteiger partial charge is 0.362 e. The Morgan fingerprint density at radius 3 is 1.55 bits per heavy atom. The third-order valence-corrected chi connectivity index (χ3v) is 9.87. The summed E-state index contributed by atoms with van der Waals surface area (Å²) < 4.78 is 17.2. The van der Waals surface area contributed by atoms with E-state index in [1.165, 1.54) is 109 Å². The van der Waals surface area contributed by atoms with Gasteiger partial charge in [0.15, 0.2) is 12.1 Å². The number of hydrogen-bond acceptors (Lipinski definition) is 6. The fraction of sp³-hybridized carbons (Fsp3) is 0.844. The zero-order chi connectivity index (χ0) is 39.3. The highest BCUT2D eigenvalue weighted by atomic mass is 16.6. The van der Waals surface area contributed by atoms with Crippen LogP contribution in [0.5, 0.6) is 0 Å². The van der Waals surface area contributed by atoms with Gasteiger partial charge in [-0.25, -0.2) is 4.79 Å². The average molecular weight is 751 g/mol. The second-order valence-corrected chi connectivity index (χ2v) is 15.9. The van der Waals surface area contributed by atoms with E-state index in [0.717, 1.165) is 44.9 Å². The molecule has 0 spiro atoms. The molecule has 0 bridgehead atoms. The highest BCUT2D eigenvalue weighted by molar-refractivity contribution is 5.72. The van der Waals surface area contributed by atoms with Gasteiger partial charge in [0, 0.05) is 19.3 Å². The number of carbonyl (C=O) groups excluding carboxylic acids is 2. The second kappa shape index (κ2) is 36.8. The maximum absolute atomic E-state index is 12.6. The summed E-state index contributed by atoms with van der Waals surface area (Å²) in [4.78, 5) is 36.8. The zero-order valence-electron chi connectivity index (χ0n) is 35.2. The highest BCUT2D eigenvalue weighted by Gasteiger charge is 2.31. The molecule has 0 radical (unpaired) electrons. The lowest BCUT2D eigenvalue weighted by Crippen LogP contribution is -2.50. The third-order valence-electron chi connectivity index (χ3n) is 9.87. The van der Waals surface area contributed by atoms with Crippen LogP contribution in [0.3, 0.4) is 0 Å². The molecule has 8 heteroatoms. The maximum atomic E-state index is 12.6. The van der Waals surface area contributed by atoms with E-state index in [1.54, 1.807) is 0 Å². The Balaban J connectivity index is 4.19. The van der Waals surface area contributed by atoms with Crippen LogP contribution in [0.2, 0.25) is 0 Å². The van der Waals surface area contributed by atoms with Gasteiger partial charge in [-0.3, -0.25) is 9.59 Å². The molecule has 0 aromatic heterocycles. The normalized spacial score (nSPS) is 13.2. The largest absolute Gasteiger partial charge is 0.477 e. The van der Waals surface area contributed by atoms with Gasteiger partial charge in [0.2, 0.25) is 0 Å². The molecule has 8 nitrogen and oxygen atoms in total. The summed E-state index contributed by atoms with van der Waals surface area (Å²) in [5.74, 6) is -1.51. The number of allylic oxidation sites excluding steroid dienone is 4. The number of aliphatic carboxylic acids is 1. The van der Waals surface area contributed by atoms with Crippen LogP contribution in [0.25, 0.3) is 0 Å². The lowest BCUT2D eigenvalue weighted by molar-refractivity contribution is -0.887. The van der Waals surface area contributed by atoms with Crippen molar-refractivity contribution in [1.29, 1.82) is 0 Å². The topological polar surface area (TPSA) is 99.1 Å². The number of carboxylic acid groups (broad SMARTS) is 1. The Bertz CT molecular complexity index is 926. The van der Waals surface area contributed by atoms with E-state index in [4.69, 9.17) is 14.2 Å². The summed E-state index contributed by atoms with van der Waals surface area (Å²) in [5, 5.41) is 9.59. The van der Waals surface area contributed by atoms with Crippen molar-refractivity contribution in [1.82, 2.24) is 0 Å². The first-order valence-corrected chi connectivity index (χ1v) is 21.9. The first-order valence-electron chi connectivity index (χ1n) is 21.9. The minimum Gasteiger partial charge on any atom is -0.477 e. The number of unbranched alkanes of at least 4 members (excludes halogenated alkanes) is 21. The fourth-order valence-electron chi connectivity index (χ4n) is 6.48. The van der Waals surface area contributed by atoms with Gasteiger partial charge in [0.05, 0.1) is 34.4 Å². The molecule has 0 aliphatic rings. The van der Waals surface area contributed by atoms with Gasteiger partial charge in [-0.05, 0) is 38.5 Å². The summed E-state index contributed by atoms with van der Waals surface area (Å²) in [6.45, 7) is 4.59. The molecule has 53 heavy (non-hydrogen) atoms. The van der Waals surface area contributed by atoms with Gasteiger partial charge in [-0.15, -0.1) is 0 Å². The molecular weight excluding hydrogens is 666 g/mol. The van der Waals surface area contributed by atoms with Crippen molar-refractivity contribution in [2.24, 2.45) is 0 Å². The molecule has 0 aliphatic carbocycles. The van der Waals surface area contributed by atoms with Gasteiger partial charge in [0.25, 0.3) is 0 Å². The molecule has 1 N–H and O–H groups in total. The van der Waals surface area contributed by atoms with Crippen molar-refractivity contribution in [3.05, 3.63) is 24.3 Å². The molecule has 0 aliphatic heterocycles. The van der Waals surface area contributed by atoms with E-state index >= 15 is 0 Å². The number of carboxylic acids is 1. The Kier molecular flexibility index (Phi) is 35.2. The quantitative estimate of drug-likeness (QED) is 0.0289. The number of carbonyl (C=O) groups is 3. The molecule has 0 amide bonds. The van der Waals surface area contributed by atoms with E-state index in [9.17, 15) is 19.5 Å². The molecule has 0 rings (SSSR count). The Morgan fingerprint density at radius 1 is 0.585 bits per heavy atom. The maximum Gasteiger partial charge on any atom is 0.362 e. The van der Waals surface area contributed by atoms with Gasteiger partial charge in [0.1, 0.15) is 6.61 Å². The SMILES string of the molecule is CC/C=C/C/C=C/CCCCC(=O)OC(COCCC(C(=O)O)[N+](C)(C)C)COC(=O)CCCCCCCCCCCCCCCCCCCCCC. The van der Waals surface area contributed by atoms with Crippen LogP contribution >= 0.6 is 0 Å². The summed E-state index contributed by atoms with van der Waals surface area (Å²) >= 11 is 0. The van der Waals surface area contributed by atoms with Gasteiger partial charge in [-0.2, -0.15) is 0 Å². The second-order valence-electron chi connectivity index (χ2n) is 15.9. The number of quaternary nitrogens is 1. The molecule has 310 valence electrons. The Morgan fingerprint density at radius 2 is 1.06 bits per heavy atom. The lowest BCUT2D eigenvalue weighted by atomic mass is 10.0. The first-order chi connectivity index (χ1) is 25.6. The van der Waals surface area contributed by atoms with E-state index in [-0.39, 0.29) is 42.7 Å². The van der Waals surface area contributed by atoms with Crippen LogP contribution < -0.4 is 0 Å². The number of nitrogens with zero attached hydrogens (tertiary/aromatic N) is 1. The van der Waals surface area contributed by atoms with Crippen LogP contribution in [-0.2, 0) is 28.6 Å². The van der Waals surface area contributed by atoms with Crippen molar-refractivity contribution in [3.8, 4) is 0 Å². The molecule has 0 aromatic carbocycles. The minimum absolute atomic E-state index is 0.0514. The highest BCUT2D eigenvalue weighted by Crippen LogP contribution is 2.16. The third kappa shape index (κ3) is 35.3. The van der Waals surface area contributed by atoms with Crippen LogP contribution in [0.15, 0.2) is 24.3 Å². The van der Waals surface area contributed by atoms with Crippen LogP contribution in [0.4, 0.5) is 0 Å². The standard InChI is InChI=1S/C45H83NO7/c1-6-8-10-12-14-16-17-18-19-20-21-22-23-24-25-26-28-29-31-33-35-43(47)52-40-41(39-51-38-37-42(45(49)50)46(3,4)5)53-44(48)36-34-32-30-27-15-13-11-9-7-2/h9,11,15,27,41-42H,6-8,10,12-14,16-26,28-40H2,1-5H3/p+1/b11-9+,27-15+. The molecule has 2 unspecified atom stereocenters. The van der Waals surface area contributed by atoms with E-state index in [2.05, 4.69) is 38.2 Å². The van der Waals surface area contributed by atoms with E-state index in [1.807, 2.05) is 21.1 Å². The van der Waals surface area contributed by atoms with Crippen molar-refractivity contribution in [3.63, 3.8) is 0 Å². The van der Waals surface area contributed by atoms with Gasteiger partial charge in [-0.1, -0.05) is 160 Å². The van der Waals surface area contributed by atoms with E-state index in [0.29, 0.717) is 19.3 Å². The monoisotopic (exact) mass is 751 g/mol. The summed E-state index contributed by atoms with van der Waals surface area (Å²) in [6.07, 6.45) is 39.6. The number of hydrogen-bond donors (Lipinski definition) is 1. The minimum atomic E-state index is -0.879. The van der Waals surface area contributed by atoms with Crippen LogP contribution in [0.1, 0.15) is 194 Å². The molecule has 0 saturated carbocycles. The van der Waals surface area contributed by atoms with Crippen LogP contribution in [-0.4, -0.2) is 80.6 Å². The molecular formula is C45H84NO7+. The zero-order valence-corrected chi connectivity index (χ0v) is 35.2. The molecule has 0 heterocycles. The number of rotatable bonds is 39. The average Bonchev–Trinajstić information content (AvgIpc) is 3.11. The summed E-state index contributed by atoms with van der Waals surface area (Å²) in [6, 6.07) is -0.616. The van der Waals surface area contributed by atoms with E-state index < -0.39 is 18.1 Å². The Hall–Kier alpha value is -2.19. The summed E-state index contributed by atoms with van der Waals surface area (Å²) in [7, 11) is 5.51. The molecule has 2 atom stereocenters. The van der Waals surface area contributed by atoms with Crippen molar-refractivity contribution in [2.45, 2.75) is 206 Å². The van der Waals surface area contributed by atoms with Crippen molar-refractivity contribution < 1.29 is 38.2 Å². The predicted molar refractivity (Wildman–Crippen MR) is 220 cm³/mol. The number of esters is 2. The van der Waals surface area contributed by atoms with Crippen molar-refractivity contribution >= 4 is 17.9 Å². The molecule has 0 saturated heterocycles. The van der Waals surface area contributed by atoms with Crippen molar-refractivity contribution in [2.75, 3.05) is 41.0 Å². The number of likely N-dealkylation sites (N-methyl/N-ethyl adjacent to an activating group) is 1. The molecule has 0 aromatic rings. The van der Waals surface area contributed by atoms with Gasteiger partial charge < -0.3 is 23.8 Å². The lowest BCUT2D eigenvalue weighted by Gasteiger charge is -2.31.